The van der Waals surface area contributed by atoms with Crippen molar-refractivity contribution in [2.24, 2.45) is 0 Å². The normalized spacial score (nSPS) is 12.4. The number of nitrogens with zero attached hydrogens (tertiary/aromatic N) is 1. The van der Waals surface area contributed by atoms with Crippen molar-refractivity contribution in [2.45, 2.75) is 32.2 Å². The molecule has 5 heteroatoms. The van der Waals surface area contributed by atoms with Crippen LogP contribution in [0.5, 0.6) is 0 Å². The number of carboxylic acids is 2. The molecule has 0 fully saturated rings. The van der Waals surface area contributed by atoms with Gasteiger partial charge >= 0.3 is 11.9 Å². The van der Waals surface area contributed by atoms with Gasteiger partial charge in [0.2, 0.25) is 0 Å². The van der Waals surface area contributed by atoms with Gasteiger partial charge in [0.25, 0.3) is 0 Å². The highest BCUT2D eigenvalue weighted by molar-refractivity contribution is 5.91. The molecule has 0 saturated heterocycles. The summed E-state index contributed by atoms with van der Waals surface area (Å²) in [5.74, 6) is -3.23. The Kier molecular flexibility index (Phi) is 4.08. The van der Waals surface area contributed by atoms with Gasteiger partial charge in [0, 0.05) is 23.6 Å². The number of para-hydroxylation sites is 1. The first-order valence-electron chi connectivity index (χ1n) is 6.57. The fourth-order valence-corrected chi connectivity index (χ4v) is 2.48. The molecular formula is C15H17NO4. The van der Waals surface area contributed by atoms with Crippen LogP contribution in [-0.2, 0) is 16.1 Å². The van der Waals surface area contributed by atoms with Gasteiger partial charge in [-0.15, -0.1) is 0 Å². The Balaban J connectivity index is 2.56. The fourth-order valence-electron chi connectivity index (χ4n) is 2.48. The Morgan fingerprint density at radius 2 is 1.95 bits per heavy atom. The van der Waals surface area contributed by atoms with Gasteiger partial charge in [-0.25, -0.2) is 0 Å². The Labute approximate surface area is 116 Å². The van der Waals surface area contributed by atoms with Crippen molar-refractivity contribution in [1.29, 1.82) is 0 Å². The van der Waals surface area contributed by atoms with E-state index in [-0.39, 0.29) is 0 Å². The molecule has 2 N–H and O–H groups in total. The first-order chi connectivity index (χ1) is 9.54. The number of hydrogen-bond donors (Lipinski definition) is 2. The SMILES string of the molecule is CCCn1cc([C@@H](CC(=O)O)C(=O)O)c2ccccc21. The van der Waals surface area contributed by atoms with Crippen LogP contribution in [0.4, 0.5) is 0 Å². The van der Waals surface area contributed by atoms with Gasteiger partial charge in [-0.05, 0) is 18.1 Å². The zero-order chi connectivity index (χ0) is 14.7. The summed E-state index contributed by atoms with van der Waals surface area (Å²) >= 11 is 0. The van der Waals surface area contributed by atoms with Gasteiger partial charge in [0.1, 0.15) is 0 Å². The van der Waals surface area contributed by atoms with Gasteiger partial charge in [-0.2, -0.15) is 0 Å². The highest BCUT2D eigenvalue weighted by Crippen LogP contribution is 2.30. The number of aliphatic carboxylic acids is 2. The number of benzene rings is 1. The summed E-state index contributed by atoms with van der Waals surface area (Å²) in [5.41, 5.74) is 1.52. The molecule has 5 nitrogen and oxygen atoms in total. The number of hydrogen-bond acceptors (Lipinski definition) is 2. The van der Waals surface area contributed by atoms with Gasteiger partial charge in [-0.1, -0.05) is 25.1 Å². The van der Waals surface area contributed by atoms with Crippen LogP contribution in [0.3, 0.4) is 0 Å². The highest BCUT2D eigenvalue weighted by atomic mass is 16.4. The average Bonchev–Trinajstić information content (AvgIpc) is 2.75. The van der Waals surface area contributed by atoms with Crippen molar-refractivity contribution in [2.75, 3.05) is 0 Å². The van der Waals surface area contributed by atoms with E-state index in [0.717, 1.165) is 23.9 Å². The molecule has 0 radical (unpaired) electrons. The molecule has 106 valence electrons. The largest absolute Gasteiger partial charge is 0.481 e. The van der Waals surface area contributed by atoms with E-state index in [1.807, 2.05) is 35.8 Å². The fraction of sp³-hybridized carbons (Fsp3) is 0.333. The lowest BCUT2D eigenvalue weighted by molar-refractivity contribution is -0.145. The second-order valence-electron chi connectivity index (χ2n) is 4.78. The van der Waals surface area contributed by atoms with Crippen molar-refractivity contribution >= 4 is 22.8 Å². The molecule has 0 spiro atoms. The number of carboxylic acid groups (broad SMARTS) is 2. The van der Waals surface area contributed by atoms with Crippen LogP contribution in [0.15, 0.2) is 30.5 Å². The quantitative estimate of drug-likeness (QED) is 0.849. The summed E-state index contributed by atoms with van der Waals surface area (Å²) in [6, 6.07) is 7.50. The third-order valence-corrected chi connectivity index (χ3v) is 3.34. The first-order valence-corrected chi connectivity index (χ1v) is 6.57. The molecule has 2 rings (SSSR count). The third-order valence-electron chi connectivity index (χ3n) is 3.34. The minimum Gasteiger partial charge on any atom is -0.481 e. The Morgan fingerprint density at radius 1 is 1.25 bits per heavy atom. The number of fused-ring (bicyclic) bond motifs is 1. The van der Waals surface area contributed by atoms with Crippen LogP contribution in [-0.4, -0.2) is 26.7 Å². The van der Waals surface area contributed by atoms with Crippen LogP contribution in [0.25, 0.3) is 10.9 Å². The Bertz CT molecular complexity index is 644. The zero-order valence-electron chi connectivity index (χ0n) is 11.2. The van der Waals surface area contributed by atoms with E-state index in [1.54, 1.807) is 6.20 Å². The average molecular weight is 275 g/mol. The van der Waals surface area contributed by atoms with Crippen molar-refractivity contribution in [3.63, 3.8) is 0 Å². The molecule has 0 aliphatic rings. The molecule has 2 aromatic rings. The van der Waals surface area contributed by atoms with Crippen molar-refractivity contribution in [1.82, 2.24) is 4.57 Å². The van der Waals surface area contributed by atoms with E-state index in [0.29, 0.717) is 5.56 Å². The van der Waals surface area contributed by atoms with E-state index in [9.17, 15) is 14.7 Å². The maximum atomic E-state index is 11.4. The topological polar surface area (TPSA) is 79.5 Å². The molecule has 0 saturated carbocycles. The van der Waals surface area contributed by atoms with E-state index in [4.69, 9.17) is 5.11 Å². The Morgan fingerprint density at radius 3 is 2.55 bits per heavy atom. The summed E-state index contributed by atoms with van der Waals surface area (Å²) in [4.78, 5) is 22.3. The molecule has 1 aromatic carbocycles. The number of aromatic nitrogens is 1. The number of carbonyl (C=O) groups is 2. The van der Waals surface area contributed by atoms with Gasteiger partial charge < -0.3 is 14.8 Å². The predicted molar refractivity (Wildman–Crippen MR) is 74.9 cm³/mol. The van der Waals surface area contributed by atoms with E-state index >= 15 is 0 Å². The van der Waals surface area contributed by atoms with Crippen molar-refractivity contribution < 1.29 is 19.8 Å². The summed E-state index contributed by atoms with van der Waals surface area (Å²) in [6.45, 7) is 2.82. The monoisotopic (exact) mass is 275 g/mol. The van der Waals surface area contributed by atoms with Crippen molar-refractivity contribution in [3.05, 3.63) is 36.0 Å². The Hall–Kier alpha value is -2.30. The molecule has 0 aliphatic carbocycles. The van der Waals surface area contributed by atoms with Crippen LogP contribution >= 0.6 is 0 Å². The molecule has 0 unspecified atom stereocenters. The van der Waals surface area contributed by atoms with Crippen LogP contribution < -0.4 is 0 Å². The molecule has 20 heavy (non-hydrogen) atoms. The lowest BCUT2D eigenvalue weighted by Gasteiger charge is -2.08. The lowest BCUT2D eigenvalue weighted by Crippen LogP contribution is -2.15. The van der Waals surface area contributed by atoms with Crippen LogP contribution in [0.1, 0.15) is 31.2 Å². The molecule has 1 aromatic heterocycles. The highest BCUT2D eigenvalue weighted by Gasteiger charge is 2.26. The minimum atomic E-state index is -1.11. The summed E-state index contributed by atoms with van der Waals surface area (Å²) in [5, 5.41) is 19.0. The first kappa shape index (κ1) is 14.1. The lowest BCUT2D eigenvalue weighted by atomic mass is 9.95. The maximum Gasteiger partial charge on any atom is 0.311 e. The second kappa shape index (κ2) is 5.77. The smallest absolute Gasteiger partial charge is 0.311 e. The molecule has 0 bridgehead atoms. The molecular weight excluding hydrogens is 258 g/mol. The zero-order valence-corrected chi connectivity index (χ0v) is 11.2. The standard InChI is InChI=1S/C15H17NO4/c1-2-7-16-9-12(10-5-3-4-6-13(10)16)11(15(19)20)8-14(17)18/h3-6,9,11H,2,7-8H2,1H3,(H,17,18)(H,19,20)/t11-/m1/s1. The van der Waals surface area contributed by atoms with Gasteiger partial charge in [0.15, 0.2) is 0 Å². The van der Waals surface area contributed by atoms with E-state index in [1.165, 1.54) is 0 Å². The number of aryl methyl sites for hydroxylation is 1. The minimum absolute atomic E-state index is 0.407. The van der Waals surface area contributed by atoms with Crippen LogP contribution in [0, 0.1) is 0 Å². The maximum absolute atomic E-state index is 11.4. The molecule has 1 heterocycles. The molecule has 0 amide bonds. The summed E-state index contributed by atoms with van der Waals surface area (Å²) in [7, 11) is 0. The number of rotatable bonds is 6. The third kappa shape index (κ3) is 2.66. The second-order valence-corrected chi connectivity index (χ2v) is 4.78. The molecule has 0 aliphatic heterocycles. The molecule has 1 atom stereocenters. The van der Waals surface area contributed by atoms with Crippen molar-refractivity contribution in [3.8, 4) is 0 Å². The summed E-state index contributed by atoms with van der Waals surface area (Å²) in [6.07, 6.45) is 2.29. The summed E-state index contributed by atoms with van der Waals surface area (Å²) < 4.78 is 1.99. The predicted octanol–water partition coefficient (Wildman–Crippen LogP) is 2.69. The van der Waals surface area contributed by atoms with Gasteiger partial charge in [-0.3, -0.25) is 9.59 Å². The van der Waals surface area contributed by atoms with E-state index in [2.05, 4.69) is 0 Å². The van der Waals surface area contributed by atoms with Gasteiger partial charge in [0.05, 0.1) is 12.3 Å². The van der Waals surface area contributed by atoms with Crippen LogP contribution in [0.2, 0.25) is 0 Å². The van der Waals surface area contributed by atoms with E-state index < -0.39 is 24.3 Å².